The molecule has 1 aromatic carbocycles. The van der Waals surface area contributed by atoms with Crippen LogP contribution in [-0.2, 0) is 10.0 Å². The van der Waals surface area contributed by atoms with E-state index in [1.54, 1.807) is 28.2 Å². The first kappa shape index (κ1) is 11.0. The number of benzene rings is 1. The zero-order valence-corrected chi connectivity index (χ0v) is 13.5. The maximum atomic E-state index is 12.7. The van der Waals surface area contributed by atoms with Gasteiger partial charge in [0.25, 0.3) is 10.0 Å². The number of pyridine rings is 1. The zero-order valence-electron chi connectivity index (χ0n) is 18.7. The Kier molecular flexibility index (Phi) is 3.36. The highest BCUT2D eigenvalue weighted by atomic mass is 32.2. The highest BCUT2D eigenvalue weighted by Crippen LogP contribution is 2.24. The number of aromatic nitrogens is 1. The monoisotopic (exact) mass is 354 g/mol. The van der Waals surface area contributed by atoms with E-state index >= 15 is 0 Å². The van der Waals surface area contributed by atoms with E-state index in [-0.39, 0.29) is 10.6 Å². The van der Waals surface area contributed by atoms with Gasteiger partial charge in [0.15, 0.2) is 0 Å². The number of amides is 2. The van der Waals surface area contributed by atoms with Crippen molar-refractivity contribution in [3.05, 3.63) is 48.3 Å². The fraction of sp³-hybridized carbons (Fsp3) is 0.250. The van der Waals surface area contributed by atoms with Crippen LogP contribution in [0.1, 0.15) is 27.5 Å². The maximum Gasteiger partial charge on any atom is 0.328 e. The van der Waals surface area contributed by atoms with Gasteiger partial charge >= 0.3 is 6.03 Å². The van der Waals surface area contributed by atoms with Crippen molar-refractivity contribution in [1.82, 2.24) is 15.0 Å². The average Bonchev–Trinajstić information content (AvgIpc) is 2.58. The molecule has 2 amide bonds. The highest BCUT2D eigenvalue weighted by molar-refractivity contribution is 7.90. The Morgan fingerprint density at radius 2 is 2.08 bits per heavy atom. The lowest BCUT2D eigenvalue weighted by atomic mass is 10.2. The molecule has 0 saturated carbocycles. The van der Waals surface area contributed by atoms with Gasteiger partial charge in [-0.3, -0.25) is 4.98 Å². The Balaban J connectivity index is 2.26. The number of aryl methyl sites for hydroxylation is 1. The van der Waals surface area contributed by atoms with Gasteiger partial charge < -0.3 is 10.6 Å². The van der Waals surface area contributed by atoms with Crippen molar-refractivity contribution >= 4 is 27.4 Å². The lowest BCUT2D eigenvalue weighted by molar-refractivity contribution is 0.243. The normalized spacial score (nSPS) is 15.9. The largest absolute Gasteiger partial charge is 0.354 e. The smallest absolute Gasteiger partial charge is 0.328 e. The van der Waals surface area contributed by atoms with E-state index in [0.29, 0.717) is 5.69 Å². The van der Waals surface area contributed by atoms with E-state index in [1.807, 2.05) is 13.0 Å². The van der Waals surface area contributed by atoms with Gasteiger partial charge in [0.05, 0.1) is 5.69 Å². The van der Waals surface area contributed by atoms with Crippen LogP contribution in [0.15, 0.2) is 47.6 Å². The molecule has 0 fully saturated rings. The fourth-order valence-corrected chi connectivity index (χ4v) is 2.93. The summed E-state index contributed by atoms with van der Waals surface area (Å²) < 4.78 is 70.6. The summed E-state index contributed by atoms with van der Waals surface area (Å²) in [5.41, 5.74) is 1.63. The lowest BCUT2D eigenvalue weighted by Gasteiger charge is -2.14. The van der Waals surface area contributed by atoms with Gasteiger partial charge in [-0.15, -0.1) is 0 Å². The number of anilines is 2. The molecule has 0 aliphatic rings. The molecule has 1 aromatic heterocycles. The van der Waals surface area contributed by atoms with Crippen molar-refractivity contribution in [2.45, 2.75) is 31.6 Å². The maximum absolute atomic E-state index is 12.7. The molecule has 0 aliphatic heterocycles. The number of carbonyl (C=O) groups is 1. The van der Waals surface area contributed by atoms with Crippen molar-refractivity contribution in [3.63, 3.8) is 0 Å². The first-order valence-corrected chi connectivity index (χ1v) is 8.29. The van der Waals surface area contributed by atoms with Gasteiger partial charge in [0.1, 0.15) is 4.90 Å². The van der Waals surface area contributed by atoms with Gasteiger partial charge in [-0.1, -0.05) is 12.1 Å². The van der Waals surface area contributed by atoms with Crippen molar-refractivity contribution in [3.8, 4) is 0 Å². The minimum absolute atomic E-state index is 0.110. The molecular formula is C16H20N4O3S. The molecule has 0 atom stereocenters. The summed E-state index contributed by atoms with van der Waals surface area (Å²) in [6.45, 7) is -4.29. The van der Waals surface area contributed by atoms with Crippen LogP contribution in [0.3, 0.4) is 0 Å². The molecule has 0 aliphatic carbocycles. The summed E-state index contributed by atoms with van der Waals surface area (Å²) in [7, 11) is -4.51. The molecule has 128 valence electrons. The first-order valence-electron chi connectivity index (χ1n) is 9.81. The Labute approximate surface area is 150 Å². The second kappa shape index (κ2) is 7.31. The molecule has 0 unspecified atom stereocenters. The number of urea groups is 1. The predicted octanol–water partition coefficient (Wildman–Crippen LogP) is 2.53. The quantitative estimate of drug-likeness (QED) is 0.766. The van der Waals surface area contributed by atoms with E-state index in [9.17, 15) is 13.2 Å². The van der Waals surface area contributed by atoms with Crippen LogP contribution in [0.5, 0.6) is 0 Å². The molecular weight excluding hydrogens is 328 g/mol. The molecule has 2 rings (SSSR count). The van der Waals surface area contributed by atoms with Crippen LogP contribution in [0.2, 0.25) is 0 Å². The molecule has 7 nitrogen and oxygen atoms in total. The van der Waals surface area contributed by atoms with Crippen LogP contribution in [0.25, 0.3) is 0 Å². The van der Waals surface area contributed by atoms with Gasteiger partial charge in [-0.05, 0) is 44.4 Å². The Morgan fingerprint density at radius 3 is 2.79 bits per heavy atom. The van der Waals surface area contributed by atoms with Crippen LogP contribution in [0.4, 0.5) is 16.2 Å². The van der Waals surface area contributed by atoms with Crippen LogP contribution in [0, 0.1) is 6.92 Å². The Bertz CT molecular complexity index is 1010. The van der Waals surface area contributed by atoms with Gasteiger partial charge in [0.2, 0.25) is 0 Å². The van der Waals surface area contributed by atoms with Crippen LogP contribution < -0.4 is 15.4 Å². The molecule has 0 radical (unpaired) electrons. The summed E-state index contributed by atoms with van der Waals surface area (Å²) in [4.78, 5) is 15.5. The van der Waals surface area contributed by atoms with E-state index in [1.165, 1.54) is 12.3 Å². The van der Waals surface area contributed by atoms with Gasteiger partial charge in [0, 0.05) is 32.3 Å². The molecule has 3 N–H and O–H groups in total. The highest BCUT2D eigenvalue weighted by Gasteiger charge is 2.22. The van der Waals surface area contributed by atoms with E-state index in [2.05, 4.69) is 10.3 Å². The standard InChI is InChI=1S/C16H20N4O3S/c1-11(2)18-16(21)20-24(22,23)15-10-17-8-7-14(15)19-13-6-4-5-12(3)9-13/h4-11H,1-3H3,(H,17,19)(H2,18,20,21)/i1D3,2D3. The van der Waals surface area contributed by atoms with Crippen molar-refractivity contribution in [2.75, 3.05) is 5.32 Å². The number of nitrogens with zero attached hydrogens (tertiary/aromatic N) is 1. The Hall–Kier alpha value is -2.61. The van der Waals surface area contributed by atoms with Crippen molar-refractivity contribution in [2.24, 2.45) is 0 Å². The van der Waals surface area contributed by atoms with E-state index in [4.69, 9.17) is 8.22 Å². The SMILES string of the molecule is [2H]C([2H])([2H])C(NC(=O)NS(=O)(=O)c1cnccc1Nc1cccc(C)c1)C([2H])([2H])[2H]. The number of carbonyl (C=O) groups excluding carboxylic acids is 1. The number of hydrogen-bond acceptors (Lipinski definition) is 5. The third-order valence-electron chi connectivity index (χ3n) is 2.87. The van der Waals surface area contributed by atoms with Gasteiger partial charge in [-0.25, -0.2) is 17.9 Å². The van der Waals surface area contributed by atoms with Crippen LogP contribution >= 0.6 is 0 Å². The predicted molar refractivity (Wildman–Crippen MR) is 92.7 cm³/mol. The molecule has 24 heavy (non-hydrogen) atoms. The molecule has 1 heterocycles. The molecule has 8 heteroatoms. The second-order valence-corrected chi connectivity index (χ2v) is 6.53. The Morgan fingerprint density at radius 1 is 1.29 bits per heavy atom. The van der Waals surface area contributed by atoms with Crippen LogP contribution in [-0.4, -0.2) is 25.5 Å². The summed E-state index contributed by atoms with van der Waals surface area (Å²) >= 11 is 0. The summed E-state index contributed by atoms with van der Waals surface area (Å²) in [5, 5.41) is 4.62. The third kappa shape index (κ3) is 4.69. The number of rotatable bonds is 5. The summed E-state index contributed by atoms with van der Waals surface area (Å²) in [5.74, 6) is 0. The minimum atomic E-state index is -4.51. The molecule has 0 saturated heterocycles. The van der Waals surface area contributed by atoms with Crippen molar-refractivity contribution < 1.29 is 21.4 Å². The average molecular weight is 354 g/mol. The lowest BCUT2D eigenvalue weighted by Crippen LogP contribution is -2.42. The van der Waals surface area contributed by atoms with E-state index < -0.39 is 35.8 Å². The first-order chi connectivity index (χ1) is 13.7. The molecule has 0 spiro atoms. The van der Waals surface area contributed by atoms with E-state index in [0.717, 1.165) is 11.8 Å². The second-order valence-electron chi connectivity index (χ2n) is 4.88. The fourth-order valence-electron chi connectivity index (χ4n) is 1.91. The van der Waals surface area contributed by atoms with Crippen molar-refractivity contribution in [1.29, 1.82) is 0 Å². The molecule has 0 bridgehead atoms. The topological polar surface area (TPSA) is 100 Å². The number of hydrogen-bond donors (Lipinski definition) is 3. The zero-order chi connectivity index (χ0) is 22.7. The van der Waals surface area contributed by atoms with Gasteiger partial charge in [-0.2, -0.15) is 0 Å². The third-order valence-corrected chi connectivity index (χ3v) is 4.23. The number of nitrogens with one attached hydrogen (secondary N) is 3. The summed E-state index contributed by atoms with van der Waals surface area (Å²) in [6.07, 6.45) is 2.34. The minimum Gasteiger partial charge on any atom is -0.354 e. The summed E-state index contributed by atoms with van der Waals surface area (Å²) in [6, 6.07) is 4.74. The molecule has 2 aromatic rings. The number of sulfonamides is 1.